The molecule has 6 nitrogen and oxygen atoms in total. The Morgan fingerprint density at radius 2 is 0.519 bits per heavy atom. The summed E-state index contributed by atoms with van der Waals surface area (Å²) in [5.74, 6) is -0.985. The Balaban J connectivity index is 4.35. The molecular weight excluding hydrogens is 973 g/mol. The minimum Gasteiger partial charge on any atom is -0.462 e. The predicted molar refractivity (Wildman–Crippen MR) is 344 cm³/mol. The first-order valence-electron chi connectivity index (χ1n) is 34.1. The zero-order chi connectivity index (χ0) is 57.1. The number of ether oxygens (including phenoxy) is 3. The van der Waals surface area contributed by atoms with E-state index in [-0.39, 0.29) is 37.5 Å². The SMILES string of the molecule is CC/C=C\C/C=C\C/C=C\C/C=C\C/C=C\C/C=C\CCC(=O)OC(COC(=O)CCCCCCC/C=C\CCCCCCCC)COC(=O)CCCCCCCCCCCCCCCCCCCCCCCCCCCCC. The highest BCUT2D eigenvalue weighted by atomic mass is 16.6. The number of carbonyl (C=O) groups excluding carboxylic acids is 3. The van der Waals surface area contributed by atoms with E-state index in [0.29, 0.717) is 19.3 Å². The van der Waals surface area contributed by atoms with Crippen LogP contribution in [0.1, 0.15) is 342 Å². The van der Waals surface area contributed by atoms with Gasteiger partial charge in [0.1, 0.15) is 13.2 Å². The van der Waals surface area contributed by atoms with Crippen molar-refractivity contribution in [1.82, 2.24) is 0 Å². The molecule has 456 valence electrons. The fourth-order valence-corrected chi connectivity index (χ4v) is 9.82. The van der Waals surface area contributed by atoms with Crippen molar-refractivity contribution in [2.75, 3.05) is 13.2 Å². The maximum Gasteiger partial charge on any atom is 0.306 e. The van der Waals surface area contributed by atoms with Crippen molar-refractivity contribution in [1.29, 1.82) is 0 Å². The number of rotatable bonds is 62. The first-order chi connectivity index (χ1) is 39.0. The Kier molecular flexibility index (Phi) is 64.2. The molecule has 0 aromatic heterocycles. The Hall–Kier alpha value is -3.41. The van der Waals surface area contributed by atoms with Gasteiger partial charge in [0.25, 0.3) is 0 Å². The number of allylic oxidation sites excluding steroid dienone is 14. The summed E-state index contributed by atoms with van der Waals surface area (Å²) in [6.07, 6.45) is 89.1. The smallest absolute Gasteiger partial charge is 0.306 e. The van der Waals surface area contributed by atoms with Crippen LogP contribution in [0.2, 0.25) is 0 Å². The summed E-state index contributed by atoms with van der Waals surface area (Å²) in [6, 6.07) is 0. The van der Waals surface area contributed by atoms with Gasteiger partial charge >= 0.3 is 17.9 Å². The van der Waals surface area contributed by atoms with Gasteiger partial charge in [0.2, 0.25) is 0 Å². The van der Waals surface area contributed by atoms with E-state index < -0.39 is 6.10 Å². The first kappa shape index (κ1) is 75.6. The van der Waals surface area contributed by atoms with Crippen molar-refractivity contribution in [2.24, 2.45) is 0 Å². The molecule has 0 heterocycles. The summed E-state index contributed by atoms with van der Waals surface area (Å²) in [4.78, 5) is 38.3. The van der Waals surface area contributed by atoms with Crippen LogP contribution in [-0.2, 0) is 28.6 Å². The fraction of sp³-hybridized carbons (Fsp3) is 0.767. The van der Waals surface area contributed by atoms with Crippen molar-refractivity contribution in [3.8, 4) is 0 Å². The Morgan fingerprint density at radius 1 is 0.266 bits per heavy atom. The molecule has 0 aliphatic heterocycles. The lowest BCUT2D eigenvalue weighted by atomic mass is 10.0. The lowest BCUT2D eigenvalue weighted by Crippen LogP contribution is -2.30. The second kappa shape index (κ2) is 67.1. The average Bonchev–Trinajstić information content (AvgIpc) is 3.45. The second-order valence-electron chi connectivity index (χ2n) is 22.7. The molecule has 0 aromatic carbocycles. The van der Waals surface area contributed by atoms with Crippen molar-refractivity contribution < 1.29 is 28.6 Å². The van der Waals surface area contributed by atoms with E-state index in [2.05, 4.69) is 99.8 Å². The summed E-state index contributed by atoms with van der Waals surface area (Å²) in [5, 5.41) is 0. The molecule has 0 amide bonds. The number of hydrogen-bond acceptors (Lipinski definition) is 6. The van der Waals surface area contributed by atoms with Gasteiger partial charge in [0.15, 0.2) is 6.10 Å². The Labute approximate surface area is 490 Å². The molecule has 1 atom stereocenters. The van der Waals surface area contributed by atoms with Crippen LogP contribution in [-0.4, -0.2) is 37.2 Å². The van der Waals surface area contributed by atoms with Crippen LogP contribution < -0.4 is 0 Å². The van der Waals surface area contributed by atoms with Gasteiger partial charge in [-0.3, -0.25) is 14.4 Å². The molecule has 0 aromatic rings. The summed E-state index contributed by atoms with van der Waals surface area (Å²) in [6.45, 7) is 6.50. The van der Waals surface area contributed by atoms with E-state index in [9.17, 15) is 14.4 Å². The number of carbonyl (C=O) groups is 3. The molecule has 0 N–H and O–H groups in total. The molecule has 0 aliphatic rings. The third kappa shape index (κ3) is 65.3. The van der Waals surface area contributed by atoms with E-state index >= 15 is 0 Å². The minimum absolute atomic E-state index is 0.106. The Morgan fingerprint density at radius 3 is 0.823 bits per heavy atom. The van der Waals surface area contributed by atoms with Crippen LogP contribution in [0.25, 0.3) is 0 Å². The highest BCUT2D eigenvalue weighted by Crippen LogP contribution is 2.18. The third-order valence-electron chi connectivity index (χ3n) is 14.9. The maximum atomic E-state index is 12.9. The molecule has 0 saturated carbocycles. The molecule has 79 heavy (non-hydrogen) atoms. The molecule has 6 heteroatoms. The predicted octanol–water partition coefficient (Wildman–Crippen LogP) is 23.4. The lowest BCUT2D eigenvalue weighted by molar-refractivity contribution is -0.166. The van der Waals surface area contributed by atoms with E-state index in [1.54, 1.807) is 0 Å². The molecule has 0 fully saturated rings. The highest BCUT2D eigenvalue weighted by Gasteiger charge is 2.19. The van der Waals surface area contributed by atoms with Crippen LogP contribution in [0.15, 0.2) is 85.1 Å². The Bertz CT molecular complexity index is 1500. The molecular formula is C73H128O6. The molecule has 0 saturated heterocycles. The van der Waals surface area contributed by atoms with Crippen molar-refractivity contribution in [2.45, 2.75) is 348 Å². The van der Waals surface area contributed by atoms with Gasteiger partial charge < -0.3 is 14.2 Å². The topological polar surface area (TPSA) is 78.9 Å². The van der Waals surface area contributed by atoms with Gasteiger partial charge in [-0.2, -0.15) is 0 Å². The van der Waals surface area contributed by atoms with E-state index in [1.165, 1.54) is 205 Å². The molecule has 0 bridgehead atoms. The average molecular weight is 1100 g/mol. The summed E-state index contributed by atoms with van der Waals surface area (Å²) < 4.78 is 16.9. The maximum absolute atomic E-state index is 12.9. The normalized spacial score (nSPS) is 12.6. The molecule has 0 spiro atoms. The highest BCUT2D eigenvalue weighted by molar-refractivity contribution is 5.71. The van der Waals surface area contributed by atoms with Gasteiger partial charge in [-0.25, -0.2) is 0 Å². The van der Waals surface area contributed by atoms with Crippen LogP contribution in [0.4, 0.5) is 0 Å². The fourth-order valence-electron chi connectivity index (χ4n) is 9.82. The van der Waals surface area contributed by atoms with Crippen LogP contribution in [0.3, 0.4) is 0 Å². The third-order valence-corrected chi connectivity index (χ3v) is 14.9. The number of hydrogen-bond donors (Lipinski definition) is 0. The van der Waals surface area contributed by atoms with E-state index in [4.69, 9.17) is 14.2 Å². The van der Waals surface area contributed by atoms with Crippen molar-refractivity contribution in [3.63, 3.8) is 0 Å². The van der Waals surface area contributed by atoms with Crippen LogP contribution in [0, 0.1) is 0 Å². The zero-order valence-electron chi connectivity index (χ0n) is 52.4. The van der Waals surface area contributed by atoms with Gasteiger partial charge in [-0.15, -0.1) is 0 Å². The van der Waals surface area contributed by atoms with Crippen molar-refractivity contribution in [3.05, 3.63) is 85.1 Å². The summed E-state index contributed by atoms with van der Waals surface area (Å²) in [7, 11) is 0. The molecule has 0 radical (unpaired) electrons. The molecule has 1 unspecified atom stereocenters. The monoisotopic (exact) mass is 1100 g/mol. The number of unbranched alkanes of at least 4 members (excludes halogenated alkanes) is 37. The summed E-state index contributed by atoms with van der Waals surface area (Å²) in [5.41, 5.74) is 0. The van der Waals surface area contributed by atoms with Crippen LogP contribution >= 0.6 is 0 Å². The van der Waals surface area contributed by atoms with E-state index in [1.807, 2.05) is 6.08 Å². The quantitative estimate of drug-likeness (QED) is 0.0261. The van der Waals surface area contributed by atoms with Gasteiger partial charge in [-0.1, -0.05) is 324 Å². The largest absolute Gasteiger partial charge is 0.462 e. The van der Waals surface area contributed by atoms with Gasteiger partial charge in [0.05, 0.1) is 0 Å². The number of esters is 3. The van der Waals surface area contributed by atoms with Gasteiger partial charge in [0, 0.05) is 19.3 Å². The summed E-state index contributed by atoms with van der Waals surface area (Å²) >= 11 is 0. The van der Waals surface area contributed by atoms with Crippen molar-refractivity contribution >= 4 is 17.9 Å². The van der Waals surface area contributed by atoms with Gasteiger partial charge in [-0.05, 0) is 83.5 Å². The molecule has 0 aliphatic carbocycles. The van der Waals surface area contributed by atoms with Crippen LogP contribution in [0.5, 0.6) is 0 Å². The zero-order valence-corrected chi connectivity index (χ0v) is 52.4. The lowest BCUT2D eigenvalue weighted by Gasteiger charge is -2.18. The molecule has 0 rings (SSSR count). The minimum atomic E-state index is -0.821. The first-order valence-corrected chi connectivity index (χ1v) is 34.1. The van der Waals surface area contributed by atoms with E-state index in [0.717, 1.165) is 89.9 Å². The standard InChI is InChI=1S/C73H128O6/c1-4-7-10-13-16-19-22-25-28-30-32-33-34-35-36-37-38-39-41-42-45-48-51-54-57-60-63-66-72(75)78-69-70(68-77-71(74)65-62-59-56-53-50-47-44-27-24-21-18-15-12-9-6-3)79-73(76)67-64-61-58-55-52-49-46-43-40-31-29-26-23-20-17-14-11-8-5-2/h8,11,17,20,26-27,29,40,43-44,49,52,58,61,70H,4-7,9-10,12-16,18-19,21-25,28,30-39,41-42,45-48,50-51,53-57,59-60,62-69H2,1-3H3/b11-8-,20-17-,29-26-,43-40-,44-27-,52-49-,61-58-. The second-order valence-corrected chi connectivity index (χ2v) is 22.7.